The number of amides is 1. The van der Waals surface area contributed by atoms with Gasteiger partial charge in [-0.1, -0.05) is 37.3 Å². The highest BCUT2D eigenvalue weighted by atomic mass is 19.1. The van der Waals surface area contributed by atoms with Crippen LogP contribution in [0.15, 0.2) is 48.5 Å². The second kappa shape index (κ2) is 7.26. The van der Waals surface area contributed by atoms with Gasteiger partial charge in [0.25, 0.3) is 0 Å². The number of aliphatic hydroxyl groups excluding tert-OH is 1. The molecular formula is C22H24F2N2O2. The van der Waals surface area contributed by atoms with Crippen molar-refractivity contribution >= 4 is 5.91 Å². The van der Waals surface area contributed by atoms with Crippen LogP contribution < -0.4 is 0 Å². The van der Waals surface area contributed by atoms with Crippen molar-refractivity contribution in [1.29, 1.82) is 0 Å². The Morgan fingerprint density at radius 2 is 1.89 bits per heavy atom. The molecule has 2 aliphatic rings. The molecule has 2 atom stereocenters. The molecule has 1 N–H and O–H groups in total. The second-order valence-corrected chi connectivity index (χ2v) is 7.74. The summed E-state index contributed by atoms with van der Waals surface area (Å²) in [6.45, 7) is 3.17. The summed E-state index contributed by atoms with van der Waals surface area (Å²) in [6.07, 6.45) is 0.373. The first kappa shape index (κ1) is 19.0. The van der Waals surface area contributed by atoms with E-state index in [0.29, 0.717) is 31.6 Å². The summed E-state index contributed by atoms with van der Waals surface area (Å²) in [6, 6.07) is 13.1. The molecule has 4 rings (SSSR count). The zero-order valence-corrected chi connectivity index (χ0v) is 15.8. The Kier molecular flexibility index (Phi) is 4.93. The number of likely N-dealkylation sites (tertiary alicyclic amines) is 2. The first-order valence-corrected chi connectivity index (χ1v) is 9.64. The molecule has 2 saturated heterocycles. The Labute approximate surface area is 163 Å². The quantitative estimate of drug-likeness (QED) is 0.859. The summed E-state index contributed by atoms with van der Waals surface area (Å²) in [4.78, 5) is 16.4. The number of carbonyl (C=O) groups excluding carboxylic acids is 1. The molecule has 0 bridgehead atoms. The van der Waals surface area contributed by atoms with Crippen LogP contribution in [0, 0.1) is 11.6 Å². The van der Waals surface area contributed by atoms with E-state index in [4.69, 9.17) is 0 Å². The second-order valence-electron chi connectivity index (χ2n) is 7.74. The van der Waals surface area contributed by atoms with Gasteiger partial charge in [0, 0.05) is 37.5 Å². The Morgan fingerprint density at radius 1 is 1.18 bits per heavy atom. The van der Waals surface area contributed by atoms with E-state index in [1.54, 1.807) is 0 Å². The lowest BCUT2D eigenvalue weighted by atomic mass is 9.60. The zero-order chi connectivity index (χ0) is 19.9. The summed E-state index contributed by atoms with van der Waals surface area (Å²) in [5.41, 5.74) is 1.02. The van der Waals surface area contributed by atoms with Gasteiger partial charge in [-0.2, -0.15) is 0 Å². The molecule has 0 aliphatic carbocycles. The van der Waals surface area contributed by atoms with Crippen LogP contribution in [0.4, 0.5) is 8.78 Å². The van der Waals surface area contributed by atoms with E-state index in [2.05, 4.69) is 0 Å². The molecule has 0 unspecified atom stereocenters. The van der Waals surface area contributed by atoms with Crippen LogP contribution in [0.2, 0.25) is 0 Å². The van der Waals surface area contributed by atoms with Gasteiger partial charge in [-0.3, -0.25) is 9.69 Å². The summed E-state index contributed by atoms with van der Waals surface area (Å²) in [5, 5.41) is 9.95. The summed E-state index contributed by atoms with van der Waals surface area (Å²) in [5.74, 6) is -0.837. The molecule has 0 aromatic heterocycles. The molecule has 2 aromatic carbocycles. The highest BCUT2D eigenvalue weighted by Crippen LogP contribution is 2.54. The van der Waals surface area contributed by atoms with Gasteiger partial charge in [0.15, 0.2) is 0 Å². The van der Waals surface area contributed by atoms with Crippen molar-refractivity contribution in [2.75, 3.05) is 19.7 Å². The van der Waals surface area contributed by atoms with Gasteiger partial charge in [0.05, 0.1) is 18.2 Å². The van der Waals surface area contributed by atoms with Crippen molar-refractivity contribution in [2.45, 2.75) is 37.4 Å². The van der Waals surface area contributed by atoms with Gasteiger partial charge in [-0.25, -0.2) is 8.78 Å². The first-order chi connectivity index (χ1) is 13.5. The van der Waals surface area contributed by atoms with Crippen molar-refractivity contribution in [3.63, 3.8) is 0 Å². The Morgan fingerprint density at radius 3 is 2.54 bits per heavy atom. The number of hydrogen-bond donors (Lipinski definition) is 1. The van der Waals surface area contributed by atoms with E-state index < -0.39 is 17.2 Å². The molecule has 4 nitrogen and oxygen atoms in total. The Bertz CT molecular complexity index is 868. The minimum atomic E-state index is -0.458. The van der Waals surface area contributed by atoms with E-state index in [-0.39, 0.29) is 24.5 Å². The van der Waals surface area contributed by atoms with Gasteiger partial charge < -0.3 is 10.0 Å². The first-order valence-electron chi connectivity index (χ1n) is 9.64. The minimum Gasteiger partial charge on any atom is -0.394 e. The van der Waals surface area contributed by atoms with Crippen LogP contribution >= 0.6 is 0 Å². The van der Waals surface area contributed by atoms with E-state index in [1.165, 1.54) is 6.07 Å². The fraction of sp³-hybridized carbons (Fsp3) is 0.409. The molecule has 0 saturated carbocycles. The number of benzene rings is 2. The number of rotatable bonds is 5. The van der Waals surface area contributed by atoms with Crippen LogP contribution in [0.5, 0.6) is 0 Å². The number of aliphatic hydroxyl groups is 1. The van der Waals surface area contributed by atoms with E-state index in [0.717, 1.165) is 17.7 Å². The lowest BCUT2D eigenvalue weighted by molar-refractivity contribution is -0.201. The standard InChI is InChI=1S/C22H24F2N2O2/c1-2-20(28)26-19(12-27)21(15-6-4-3-5-7-15)22(26)13-25(14-22)11-16-10-17(23)8-9-18(16)24/h3-10,19,21,27H,2,11-14H2,1H3/t19-,21+/m0/s1. The molecule has 148 valence electrons. The van der Waals surface area contributed by atoms with Gasteiger partial charge in [0.1, 0.15) is 11.6 Å². The van der Waals surface area contributed by atoms with Gasteiger partial charge in [-0.15, -0.1) is 0 Å². The molecule has 2 aromatic rings. The molecule has 28 heavy (non-hydrogen) atoms. The van der Waals surface area contributed by atoms with Gasteiger partial charge >= 0.3 is 0 Å². The maximum atomic E-state index is 14.0. The third-order valence-corrected chi connectivity index (χ3v) is 6.09. The predicted octanol–water partition coefficient (Wildman–Crippen LogP) is 2.92. The van der Waals surface area contributed by atoms with Crippen molar-refractivity contribution < 1.29 is 18.7 Å². The minimum absolute atomic E-state index is 0.0165. The SMILES string of the molecule is CCC(=O)N1[C@@H](CO)[C@@H](c2ccccc2)C12CN(Cc1cc(F)ccc1F)C2. The van der Waals surface area contributed by atoms with E-state index in [9.17, 15) is 18.7 Å². The van der Waals surface area contributed by atoms with Gasteiger partial charge in [-0.05, 0) is 23.8 Å². The van der Waals surface area contributed by atoms with E-state index >= 15 is 0 Å². The average Bonchev–Trinajstić information content (AvgIpc) is 2.66. The summed E-state index contributed by atoms with van der Waals surface area (Å²) in [7, 11) is 0. The molecule has 1 spiro atoms. The molecule has 6 heteroatoms. The van der Waals surface area contributed by atoms with Crippen molar-refractivity contribution in [2.24, 2.45) is 0 Å². The zero-order valence-electron chi connectivity index (χ0n) is 15.8. The lowest BCUT2D eigenvalue weighted by Crippen LogP contribution is -2.85. The fourth-order valence-corrected chi connectivity index (χ4v) is 4.98. The molecule has 2 aliphatic heterocycles. The summed E-state index contributed by atoms with van der Waals surface area (Å²) >= 11 is 0. The van der Waals surface area contributed by atoms with Crippen molar-refractivity contribution in [3.8, 4) is 0 Å². The predicted molar refractivity (Wildman–Crippen MR) is 102 cm³/mol. The van der Waals surface area contributed by atoms with Crippen molar-refractivity contribution in [3.05, 3.63) is 71.3 Å². The number of hydrogen-bond acceptors (Lipinski definition) is 3. The highest BCUT2D eigenvalue weighted by Gasteiger charge is 2.66. The molecule has 1 amide bonds. The van der Waals surface area contributed by atoms with Crippen LogP contribution in [-0.2, 0) is 11.3 Å². The lowest BCUT2D eigenvalue weighted by Gasteiger charge is -2.70. The molecule has 2 heterocycles. The maximum Gasteiger partial charge on any atom is 0.223 e. The number of nitrogens with zero attached hydrogens (tertiary/aromatic N) is 2. The third-order valence-electron chi connectivity index (χ3n) is 6.09. The molecule has 2 fully saturated rings. The third kappa shape index (κ3) is 2.91. The number of halogens is 2. The van der Waals surface area contributed by atoms with Gasteiger partial charge in [0.2, 0.25) is 5.91 Å². The topological polar surface area (TPSA) is 43.8 Å². The number of carbonyl (C=O) groups is 1. The van der Waals surface area contributed by atoms with Crippen LogP contribution in [0.1, 0.15) is 30.4 Å². The molecular weight excluding hydrogens is 362 g/mol. The summed E-state index contributed by atoms with van der Waals surface area (Å²) < 4.78 is 27.5. The Hall–Kier alpha value is -2.31. The fourth-order valence-electron chi connectivity index (χ4n) is 4.98. The smallest absolute Gasteiger partial charge is 0.223 e. The van der Waals surface area contributed by atoms with E-state index in [1.807, 2.05) is 47.1 Å². The maximum absolute atomic E-state index is 14.0. The monoisotopic (exact) mass is 386 g/mol. The Balaban J connectivity index is 1.58. The van der Waals surface area contributed by atoms with Crippen molar-refractivity contribution in [1.82, 2.24) is 9.80 Å². The molecule has 0 radical (unpaired) electrons. The van der Waals surface area contributed by atoms with Crippen LogP contribution in [0.3, 0.4) is 0 Å². The van der Waals surface area contributed by atoms with Crippen LogP contribution in [-0.4, -0.2) is 52.1 Å². The average molecular weight is 386 g/mol. The largest absolute Gasteiger partial charge is 0.394 e. The highest BCUT2D eigenvalue weighted by molar-refractivity contribution is 5.79. The van der Waals surface area contributed by atoms with Crippen LogP contribution in [0.25, 0.3) is 0 Å². The normalized spacial score (nSPS) is 23.4.